The molecule has 1 heterocycles. The maximum atomic E-state index is 12.2. The third-order valence-electron chi connectivity index (χ3n) is 3.63. The normalized spacial score (nSPS) is 10.7. The van der Waals surface area contributed by atoms with E-state index in [-0.39, 0.29) is 12.1 Å². The van der Waals surface area contributed by atoms with Gasteiger partial charge in [0.1, 0.15) is 11.4 Å². The van der Waals surface area contributed by atoms with Gasteiger partial charge in [-0.3, -0.25) is 0 Å². The van der Waals surface area contributed by atoms with Crippen molar-refractivity contribution in [1.82, 2.24) is 15.1 Å². The van der Waals surface area contributed by atoms with Crippen LogP contribution < -0.4 is 16.4 Å². The smallest absolute Gasteiger partial charge is 0.319 e. The van der Waals surface area contributed by atoms with Crippen LogP contribution in [0.15, 0.2) is 60.7 Å². The average Bonchev–Trinajstić information content (AvgIpc) is 2.92. The van der Waals surface area contributed by atoms with Crippen molar-refractivity contribution in [3.8, 4) is 16.9 Å². The molecule has 0 atom stereocenters. The van der Waals surface area contributed by atoms with Gasteiger partial charge in [0.2, 0.25) is 0 Å². The van der Waals surface area contributed by atoms with Gasteiger partial charge >= 0.3 is 6.03 Å². The van der Waals surface area contributed by atoms with Crippen LogP contribution in [0.25, 0.3) is 16.9 Å². The maximum absolute atomic E-state index is 12.2. The van der Waals surface area contributed by atoms with Crippen LogP contribution in [0.4, 0.5) is 16.3 Å². The Morgan fingerprint density at radius 3 is 2.24 bits per heavy atom. The number of nitrogens with zero attached hydrogens (tertiary/aromatic N) is 2. The van der Waals surface area contributed by atoms with E-state index in [9.17, 15) is 4.79 Å². The average molecular weight is 335 g/mol. The molecule has 0 radical (unpaired) electrons. The minimum absolute atomic E-state index is 0.0190. The Kier molecular flexibility index (Phi) is 4.70. The van der Waals surface area contributed by atoms with Crippen molar-refractivity contribution in [2.24, 2.45) is 0 Å². The predicted octanol–water partition coefficient (Wildman–Crippen LogP) is 3.65. The van der Waals surface area contributed by atoms with Crippen molar-refractivity contribution in [2.45, 2.75) is 19.9 Å². The Labute approximate surface area is 146 Å². The number of hydrogen-bond acceptors (Lipinski definition) is 3. The summed E-state index contributed by atoms with van der Waals surface area (Å²) in [6.45, 7) is 3.79. The largest absolute Gasteiger partial charge is 0.382 e. The first-order chi connectivity index (χ1) is 12.1. The van der Waals surface area contributed by atoms with Crippen molar-refractivity contribution in [2.75, 3.05) is 11.1 Å². The zero-order valence-corrected chi connectivity index (χ0v) is 14.2. The fourth-order valence-corrected chi connectivity index (χ4v) is 2.53. The van der Waals surface area contributed by atoms with Gasteiger partial charge in [-0.15, -0.1) is 0 Å². The zero-order valence-electron chi connectivity index (χ0n) is 14.2. The van der Waals surface area contributed by atoms with Gasteiger partial charge in [-0.2, -0.15) is 5.10 Å². The van der Waals surface area contributed by atoms with Crippen LogP contribution >= 0.6 is 0 Å². The lowest BCUT2D eigenvalue weighted by atomic mass is 10.1. The molecule has 4 N–H and O–H groups in total. The topological polar surface area (TPSA) is 85.0 Å². The molecule has 0 aliphatic heterocycles. The Morgan fingerprint density at radius 1 is 1.04 bits per heavy atom. The zero-order chi connectivity index (χ0) is 17.8. The second-order valence-corrected chi connectivity index (χ2v) is 5.98. The number of rotatable bonds is 4. The summed E-state index contributed by atoms with van der Waals surface area (Å²) >= 11 is 0. The van der Waals surface area contributed by atoms with Gasteiger partial charge in [0.05, 0.1) is 5.69 Å². The van der Waals surface area contributed by atoms with E-state index < -0.39 is 0 Å². The molecule has 0 bridgehead atoms. The van der Waals surface area contributed by atoms with Crippen LogP contribution in [-0.2, 0) is 0 Å². The fraction of sp³-hybridized carbons (Fsp3) is 0.158. The van der Waals surface area contributed by atoms with E-state index in [1.54, 1.807) is 4.68 Å². The molecule has 0 spiro atoms. The van der Waals surface area contributed by atoms with Gasteiger partial charge in [-0.25, -0.2) is 9.48 Å². The highest BCUT2D eigenvalue weighted by Crippen LogP contribution is 2.33. The SMILES string of the molecule is CC(C)NC(=O)Nc1c(-c2ccccc2)nn(-c2ccccc2)c1N. The number of carbonyl (C=O) groups is 1. The van der Waals surface area contributed by atoms with Gasteiger partial charge in [-0.05, 0) is 26.0 Å². The lowest BCUT2D eigenvalue weighted by Crippen LogP contribution is -2.34. The summed E-state index contributed by atoms with van der Waals surface area (Å²) in [6.07, 6.45) is 0. The van der Waals surface area contributed by atoms with Crippen LogP contribution in [0.5, 0.6) is 0 Å². The lowest BCUT2D eigenvalue weighted by molar-refractivity contribution is 0.250. The van der Waals surface area contributed by atoms with E-state index in [2.05, 4.69) is 15.7 Å². The molecule has 0 unspecified atom stereocenters. The number of nitrogen functional groups attached to an aromatic ring is 1. The van der Waals surface area contributed by atoms with Crippen molar-refractivity contribution in [3.05, 3.63) is 60.7 Å². The van der Waals surface area contributed by atoms with Crippen LogP contribution in [-0.4, -0.2) is 21.9 Å². The summed E-state index contributed by atoms with van der Waals surface area (Å²) in [4.78, 5) is 12.2. The van der Waals surface area contributed by atoms with E-state index in [1.807, 2.05) is 74.5 Å². The van der Waals surface area contributed by atoms with Gasteiger partial charge in [0, 0.05) is 11.6 Å². The number of nitrogens with two attached hydrogens (primary N) is 1. The van der Waals surface area contributed by atoms with Gasteiger partial charge in [-0.1, -0.05) is 48.5 Å². The second-order valence-electron chi connectivity index (χ2n) is 5.98. The minimum atomic E-state index is -0.313. The first-order valence-electron chi connectivity index (χ1n) is 8.13. The molecule has 0 aliphatic rings. The summed E-state index contributed by atoms with van der Waals surface area (Å²) in [5.74, 6) is 0.379. The van der Waals surface area contributed by atoms with E-state index in [0.717, 1.165) is 11.3 Å². The first kappa shape index (κ1) is 16.6. The number of hydrogen-bond donors (Lipinski definition) is 3. The number of nitrogens with one attached hydrogen (secondary N) is 2. The third kappa shape index (κ3) is 3.63. The Morgan fingerprint density at radius 2 is 1.64 bits per heavy atom. The number of carbonyl (C=O) groups excluding carboxylic acids is 1. The maximum Gasteiger partial charge on any atom is 0.319 e. The molecule has 1 aromatic heterocycles. The molecule has 2 amide bonds. The molecule has 6 heteroatoms. The highest BCUT2D eigenvalue weighted by Gasteiger charge is 2.20. The molecule has 0 saturated heterocycles. The summed E-state index contributed by atoms with van der Waals surface area (Å²) in [7, 11) is 0. The van der Waals surface area contributed by atoms with Crippen molar-refractivity contribution in [1.29, 1.82) is 0 Å². The molecule has 0 fully saturated rings. The van der Waals surface area contributed by atoms with E-state index in [4.69, 9.17) is 5.73 Å². The van der Waals surface area contributed by atoms with Gasteiger partial charge < -0.3 is 16.4 Å². The number of anilines is 2. The van der Waals surface area contributed by atoms with Crippen LogP contribution in [0, 0.1) is 0 Å². The summed E-state index contributed by atoms with van der Waals surface area (Å²) in [5.41, 5.74) is 9.14. The predicted molar refractivity (Wildman–Crippen MR) is 101 cm³/mol. The van der Waals surface area contributed by atoms with E-state index in [0.29, 0.717) is 17.2 Å². The summed E-state index contributed by atoms with van der Waals surface area (Å²) in [5, 5.41) is 10.3. The summed E-state index contributed by atoms with van der Waals surface area (Å²) in [6, 6.07) is 18.9. The monoisotopic (exact) mass is 335 g/mol. The van der Waals surface area contributed by atoms with Crippen LogP contribution in [0.1, 0.15) is 13.8 Å². The molecule has 0 saturated carbocycles. The molecule has 2 aromatic carbocycles. The highest BCUT2D eigenvalue weighted by molar-refractivity contribution is 5.97. The lowest BCUT2D eigenvalue weighted by Gasteiger charge is -2.11. The van der Waals surface area contributed by atoms with E-state index in [1.165, 1.54) is 0 Å². The van der Waals surface area contributed by atoms with Gasteiger partial charge in [0.15, 0.2) is 5.82 Å². The number of benzene rings is 2. The second kappa shape index (κ2) is 7.09. The molecular weight excluding hydrogens is 314 g/mol. The molecule has 3 rings (SSSR count). The van der Waals surface area contributed by atoms with E-state index >= 15 is 0 Å². The van der Waals surface area contributed by atoms with Crippen LogP contribution in [0.2, 0.25) is 0 Å². The molecule has 25 heavy (non-hydrogen) atoms. The Balaban J connectivity index is 2.08. The molecule has 128 valence electrons. The standard InChI is InChI=1S/C19H21N5O/c1-13(2)21-19(25)22-17-16(14-9-5-3-6-10-14)23-24(18(17)20)15-11-7-4-8-12-15/h3-13H,20H2,1-2H3,(H2,21,22,25). The molecule has 3 aromatic rings. The Hall–Kier alpha value is -3.28. The molecule has 0 aliphatic carbocycles. The van der Waals surface area contributed by atoms with Crippen molar-refractivity contribution < 1.29 is 4.79 Å². The number of amides is 2. The quantitative estimate of drug-likeness (QED) is 0.680. The Bertz CT molecular complexity index is 856. The molecule has 6 nitrogen and oxygen atoms in total. The third-order valence-corrected chi connectivity index (χ3v) is 3.63. The van der Waals surface area contributed by atoms with Crippen LogP contribution in [0.3, 0.4) is 0 Å². The van der Waals surface area contributed by atoms with Crippen molar-refractivity contribution in [3.63, 3.8) is 0 Å². The molecular formula is C19H21N5O. The first-order valence-corrected chi connectivity index (χ1v) is 8.13. The summed E-state index contributed by atoms with van der Waals surface area (Å²) < 4.78 is 1.63. The number of aromatic nitrogens is 2. The minimum Gasteiger partial charge on any atom is -0.382 e. The van der Waals surface area contributed by atoms with Crippen molar-refractivity contribution >= 4 is 17.5 Å². The number of urea groups is 1. The van der Waals surface area contributed by atoms with Gasteiger partial charge in [0.25, 0.3) is 0 Å². The fourth-order valence-electron chi connectivity index (χ4n) is 2.53. The number of para-hydroxylation sites is 1. The highest BCUT2D eigenvalue weighted by atomic mass is 16.2.